The van der Waals surface area contributed by atoms with Crippen molar-refractivity contribution < 1.29 is 4.74 Å². The van der Waals surface area contributed by atoms with Gasteiger partial charge in [0.25, 0.3) is 5.56 Å². The molecule has 3 aromatic rings. The molecule has 0 atom stereocenters. The Labute approximate surface area is 146 Å². The molecule has 0 fully saturated rings. The fourth-order valence-corrected chi connectivity index (χ4v) is 3.57. The Morgan fingerprint density at radius 1 is 1.26 bits per heavy atom. The maximum absolute atomic E-state index is 12.7. The quantitative estimate of drug-likeness (QED) is 0.659. The number of hydrogen-bond acceptors (Lipinski definition) is 4. The van der Waals surface area contributed by atoms with Crippen molar-refractivity contribution in [3.8, 4) is 11.4 Å². The predicted molar refractivity (Wildman–Crippen MR) is 94.7 cm³/mol. The summed E-state index contributed by atoms with van der Waals surface area (Å²) in [4.78, 5) is 12.7. The van der Waals surface area contributed by atoms with Crippen molar-refractivity contribution in [1.29, 1.82) is 0 Å². The first-order chi connectivity index (χ1) is 11.0. The molecule has 23 heavy (non-hydrogen) atoms. The number of methoxy groups -OCH3 is 1. The van der Waals surface area contributed by atoms with Gasteiger partial charge in [0.15, 0.2) is 16.5 Å². The van der Waals surface area contributed by atoms with Gasteiger partial charge in [-0.2, -0.15) is 5.10 Å². The van der Waals surface area contributed by atoms with Crippen LogP contribution in [0.5, 0.6) is 5.75 Å². The van der Waals surface area contributed by atoms with Crippen molar-refractivity contribution >= 4 is 45.9 Å². The summed E-state index contributed by atoms with van der Waals surface area (Å²) in [7, 11) is 3.09. The fraction of sp³-hybridized carbons (Fsp3) is 0.200. The Hall–Kier alpha value is -1.63. The zero-order chi connectivity index (χ0) is 16.7. The van der Waals surface area contributed by atoms with Crippen LogP contribution in [0, 0.1) is 0 Å². The highest BCUT2D eigenvalue weighted by atomic mass is 35.5. The first kappa shape index (κ1) is 16.2. The van der Waals surface area contributed by atoms with Crippen molar-refractivity contribution in [2.24, 2.45) is 7.05 Å². The van der Waals surface area contributed by atoms with Crippen LogP contribution in [0.25, 0.3) is 16.6 Å². The molecule has 0 unspecified atom stereocenters. The van der Waals surface area contributed by atoms with Gasteiger partial charge in [-0.05, 0) is 12.3 Å². The van der Waals surface area contributed by atoms with Gasteiger partial charge in [0.1, 0.15) is 5.15 Å². The van der Waals surface area contributed by atoms with E-state index >= 15 is 0 Å². The van der Waals surface area contributed by atoms with Gasteiger partial charge >= 0.3 is 0 Å². The van der Waals surface area contributed by atoms with E-state index in [9.17, 15) is 4.79 Å². The number of nitrogens with zero attached hydrogens (tertiary/aromatic N) is 3. The summed E-state index contributed by atoms with van der Waals surface area (Å²) in [6.07, 6.45) is 1.86. The number of para-hydroxylation sites is 1. The second-order valence-electron chi connectivity index (χ2n) is 4.78. The molecule has 2 heterocycles. The number of hydrogen-bond donors (Lipinski definition) is 0. The predicted octanol–water partition coefficient (Wildman–Crippen LogP) is 3.76. The highest BCUT2D eigenvalue weighted by Gasteiger charge is 2.24. The second kappa shape index (κ2) is 6.11. The highest BCUT2D eigenvalue weighted by molar-refractivity contribution is 7.98. The summed E-state index contributed by atoms with van der Waals surface area (Å²) in [5.41, 5.74) is 0.706. The van der Waals surface area contributed by atoms with Crippen LogP contribution >= 0.6 is 35.0 Å². The number of ether oxygens (including phenoxy) is 1. The first-order valence-corrected chi connectivity index (χ1v) is 8.63. The summed E-state index contributed by atoms with van der Waals surface area (Å²) < 4.78 is 8.33. The van der Waals surface area contributed by atoms with Crippen LogP contribution in [0.1, 0.15) is 0 Å². The maximum Gasteiger partial charge on any atom is 0.294 e. The van der Waals surface area contributed by atoms with Gasteiger partial charge in [-0.3, -0.25) is 9.36 Å². The molecule has 2 aromatic heterocycles. The summed E-state index contributed by atoms with van der Waals surface area (Å²) in [6.45, 7) is 0. The van der Waals surface area contributed by atoms with Gasteiger partial charge in [0.05, 0.1) is 17.6 Å². The lowest BCUT2D eigenvalue weighted by Crippen LogP contribution is -2.26. The minimum atomic E-state index is -0.320. The van der Waals surface area contributed by atoms with Crippen LogP contribution in [0.3, 0.4) is 0 Å². The lowest BCUT2D eigenvalue weighted by Gasteiger charge is -2.15. The zero-order valence-corrected chi connectivity index (χ0v) is 15.0. The van der Waals surface area contributed by atoms with Crippen LogP contribution in [0.2, 0.25) is 10.2 Å². The molecule has 0 spiro atoms. The molecule has 0 aliphatic heterocycles. The van der Waals surface area contributed by atoms with Crippen LogP contribution < -0.4 is 10.3 Å². The van der Waals surface area contributed by atoms with Gasteiger partial charge in [-0.25, -0.2) is 4.68 Å². The minimum Gasteiger partial charge on any atom is -0.492 e. The SMILES string of the molecule is COc1c(SC)nn(C)c(=O)c1-n1c(Cl)c(Cl)c2ccccc21. The van der Waals surface area contributed by atoms with Crippen molar-refractivity contribution in [2.45, 2.75) is 5.03 Å². The van der Waals surface area contributed by atoms with Gasteiger partial charge in [-0.15, -0.1) is 11.8 Å². The van der Waals surface area contributed by atoms with Crippen LogP contribution in [0.15, 0.2) is 34.1 Å². The summed E-state index contributed by atoms with van der Waals surface area (Å²) in [6, 6.07) is 7.43. The molecule has 0 saturated carbocycles. The molecular formula is C15H13Cl2N3O2S. The first-order valence-electron chi connectivity index (χ1n) is 6.65. The fourth-order valence-electron chi connectivity index (χ4n) is 2.48. The van der Waals surface area contributed by atoms with Crippen LogP contribution in [-0.4, -0.2) is 27.7 Å². The van der Waals surface area contributed by atoms with E-state index in [1.54, 1.807) is 11.6 Å². The summed E-state index contributed by atoms with van der Waals surface area (Å²) >= 11 is 14.1. The Kier molecular flexibility index (Phi) is 4.31. The molecule has 0 aliphatic carbocycles. The lowest BCUT2D eigenvalue weighted by atomic mass is 10.2. The van der Waals surface area contributed by atoms with E-state index in [1.165, 1.54) is 23.6 Å². The van der Waals surface area contributed by atoms with Crippen molar-refractivity contribution in [2.75, 3.05) is 13.4 Å². The van der Waals surface area contributed by atoms with E-state index in [2.05, 4.69) is 5.10 Å². The number of thioether (sulfide) groups is 1. The van der Waals surface area contributed by atoms with E-state index in [0.717, 1.165) is 10.9 Å². The summed E-state index contributed by atoms with van der Waals surface area (Å²) in [5, 5.41) is 6.24. The molecule has 0 bridgehead atoms. The third-order valence-electron chi connectivity index (χ3n) is 3.53. The molecule has 8 heteroatoms. The smallest absolute Gasteiger partial charge is 0.294 e. The van der Waals surface area contributed by atoms with E-state index in [0.29, 0.717) is 21.5 Å². The number of aryl methyl sites for hydroxylation is 1. The maximum atomic E-state index is 12.7. The Morgan fingerprint density at radius 3 is 2.61 bits per heavy atom. The van der Waals surface area contributed by atoms with Crippen molar-refractivity contribution in [1.82, 2.24) is 14.3 Å². The monoisotopic (exact) mass is 369 g/mol. The largest absolute Gasteiger partial charge is 0.492 e. The number of halogens is 2. The third-order valence-corrected chi connectivity index (χ3v) is 5.02. The number of aromatic nitrogens is 3. The Morgan fingerprint density at radius 2 is 1.96 bits per heavy atom. The number of benzene rings is 1. The Balaban J connectivity index is 2.52. The molecule has 0 aliphatic rings. The van der Waals surface area contributed by atoms with E-state index in [-0.39, 0.29) is 10.7 Å². The van der Waals surface area contributed by atoms with Crippen LogP contribution in [-0.2, 0) is 7.05 Å². The second-order valence-corrected chi connectivity index (χ2v) is 6.31. The number of fused-ring (bicyclic) bond motifs is 1. The standard InChI is InChI=1S/C15H13Cl2N3O2S/c1-19-15(21)11(12(22-2)14(18-19)23-3)20-9-7-5-4-6-8(9)10(16)13(20)17/h4-7H,1-3H3. The van der Waals surface area contributed by atoms with Gasteiger partial charge in [0, 0.05) is 12.4 Å². The molecule has 1 aromatic carbocycles. The molecule has 0 N–H and O–H groups in total. The third kappa shape index (κ3) is 2.41. The molecular weight excluding hydrogens is 357 g/mol. The van der Waals surface area contributed by atoms with Gasteiger partial charge < -0.3 is 4.74 Å². The van der Waals surface area contributed by atoms with Gasteiger partial charge in [-0.1, -0.05) is 41.4 Å². The van der Waals surface area contributed by atoms with Gasteiger partial charge in [0.2, 0.25) is 0 Å². The minimum absolute atomic E-state index is 0.265. The van der Waals surface area contributed by atoms with Crippen LogP contribution in [0.4, 0.5) is 0 Å². The Bertz CT molecular complexity index is 965. The molecule has 5 nitrogen and oxygen atoms in total. The van der Waals surface area contributed by atoms with Crippen molar-refractivity contribution in [3.05, 3.63) is 44.8 Å². The van der Waals surface area contributed by atoms with Crippen molar-refractivity contribution in [3.63, 3.8) is 0 Å². The average Bonchev–Trinajstić information content (AvgIpc) is 2.81. The zero-order valence-electron chi connectivity index (χ0n) is 12.6. The molecule has 0 saturated heterocycles. The summed E-state index contributed by atoms with van der Waals surface area (Å²) in [5.74, 6) is 0.375. The molecule has 0 radical (unpaired) electrons. The van der Waals surface area contributed by atoms with E-state index < -0.39 is 0 Å². The topological polar surface area (TPSA) is 49.1 Å². The highest BCUT2D eigenvalue weighted by Crippen LogP contribution is 2.39. The van der Waals surface area contributed by atoms with E-state index in [4.69, 9.17) is 27.9 Å². The number of rotatable bonds is 3. The molecule has 3 rings (SSSR count). The molecule has 0 amide bonds. The lowest BCUT2D eigenvalue weighted by molar-refractivity contribution is 0.391. The normalized spacial score (nSPS) is 11.2. The van der Waals surface area contributed by atoms with E-state index in [1.807, 2.05) is 30.5 Å². The molecule has 120 valence electrons. The average molecular weight is 370 g/mol.